The number of hydrogen-bond acceptors (Lipinski definition) is 5. The lowest BCUT2D eigenvalue weighted by Gasteiger charge is -2.28. The van der Waals surface area contributed by atoms with E-state index in [9.17, 15) is 19.5 Å². The van der Waals surface area contributed by atoms with Gasteiger partial charge in [0.15, 0.2) is 0 Å². The molecule has 1 aliphatic heterocycles. The van der Waals surface area contributed by atoms with Crippen molar-refractivity contribution >= 4 is 34.2 Å². The standard InChI is InChI=1S/C27H29N3O5/c1-16(28-2)25(31)29-22-12-9-17-6-4-5-7-23(17)30(26(22)32)15-21-20-11-8-19(27(33)34)14-18(20)10-13-24(21)35-3/h4-8,10-11,13-14,16,22,28H,9,12,15H2,1-3H3,(H,29,31)(H,33,34). The number of nitrogens with zero attached hydrogens (tertiary/aromatic N) is 1. The molecule has 8 nitrogen and oxygen atoms in total. The number of likely N-dealkylation sites (N-methyl/N-ethyl adjacent to an activating group) is 1. The van der Waals surface area contributed by atoms with E-state index in [1.165, 1.54) is 0 Å². The van der Waals surface area contributed by atoms with E-state index in [1.807, 2.05) is 30.3 Å². The van der Waals surface area contributed by atoms with Crippen LogP contribution in [0.5, 0.6) is 5.75 Å². The second-order valence-corrected chi connectivity index (χ2v) is 8.65. The van der Waals surface area contributed by atoms with Gasteiger partial charge in [-0.2, -0.15) is 0 Å². The molecule has 4 rings (SSSR count). The first-order valence-corrected chi connectivity index (χ1v) is 11.5. The molecule has 0 bridgehead atoms. The summed E-state index contributed by atoms with van der Waals surface area (Å²) in [6.45, 7) is 1.95. The predicted octanol–water partition coefficient (Wildman–Crippen LogP) is 3.12. The molecule has 182 valence electrons. The van der Waals surface area contributed by atoms with Crippen LogP contribution in [0.4, 0.5) is 5.69 Å². The lowest BCUT2D eigenvalue weighted by atomic mass is 10.00. The Morgan fingerprint density at radius 3 is 2.66 bits per heavy atom. The summed E-state index contributed by atoms with van der Waals surface area (Å²) in [6, 6.07) is 15.1. The van der Waals surface area contributed by atoms with Crippen molar-refractivity contribution in [1.82, 2.24) is 10.6 Å². The minimum atomic E-state index is -1.00. The monoisotopic (exact) mass is 475 g/mol. The van der Waals surface area contributed by atoms with Gasteiger partial charge in [-0.1, -0.05) is 30.3 Å². The Hall–Kier alpha value is -3.91. The quantitative estimate of drug-likeness (QED) is 0.485. The minimum Gasteiger partial charge on any atom is -0.496 e. The highest BCUT2D eigenvalue weighted by molar-refractivity contribution is 6.02. The van der Waals surface area contributed by atoms with Crippen LogP contribution >= 0.6 is 0 Å². The summed E-state index contributed by atoms with van der Waals surface area (Å²) in [4.78, 5) is 39.6. The summed E-state index contributed by atoms with van der Waals surface area (Å²) in [6.07, 6.45) is 1.13. The first-order valence-electron chi connectivity index (χ1n) is 11.5. The fraction of sp³-hybridized carbons (Fsp3) is 0.296. The van der Waals surface area contributed by atoms with Gasteiger partial charge in [0.05, 0.1) is 25.3 Å². The molecule has 8 heteroatoms. The molecule has 1 heterocycles. The topological polar surface area (TPSA) is 108 Å². The van der Waals surface area contributed by atoms with Crippen LogP contribution in [0.25, 0.3) is 10.8 Å². The van der Waals surface area contributed by atoms with Crippen LogP contribution in [0.1, 0.15) is 34.8 Å². The van der Waals surface area contributed by atoms with Crippen LogP contribution in [0.2, 0.25) is 0 Å². The second-order valence-electron chi connectivity index (χ2n) is 8.65. The number of aryl methyl sites for hydroxylation is 1. The van der Waals surface area contributed by atoms with Gasteiger partial charge in [-0.05, 0) is 67.4 Å². The maximum absolute atomic E-state index is 13.8. The van der Waals surface area contributed by atoms with Gasteiger partial charge < -0.3 is 25.4 Å². The van der Waals surface area contributed by atoms with E-state index in [4.69, 9.17) is 4.74 Å². The van der Waals surface area contributed by atoms with Crippen LogP contribution in [-0.4, -0.2) is 49.1 Å². The van der Waals surface area contributed by atoms with Crippen LogP contribution in [0.15, 0.2) is 54.6 Å². The van der Waals surface area contributed by atoms with Crippen molar-refractivity contribution in [3.05, 3.63) is 71.3 Å². The average molecular weight is 476 g/mol. The molecule has 3 N–H and O–H groups in total. The van der Waals surface area contributed by atoms with Crippen molar-refractivity contribution in [3.63, 3.8) is 0 Å². The smallest absolute Gasteiger partial charge is 0.335 e. The second kappa shape index (κ2) is 10.1. The number of amides is 2. The molecule has 0 fully saturated rings. The van der Waals surface area contributed by atoms with E-state index in [2.05, 4.69) is 10.6 Å². The number of hydrogen-bond donors (Lipinski definition) is 3. The van der Waals surface area contributed by atoms with Crippen LogP contribution in [0.3, 0.4) is 0 Å². The highest BCUT2D eigenvalue weighted by Gasteiger charge is 2.33. The van der Waals surface area contributed by atoms with Crippen molar-refractivity contribution in [3.8, 4) is 5.75 Å². The van der Waals surface area contributed by atoms with E-state index >= 15 is 0 Å². The summed E-state index contributed by atoms with van der Waals surface area (Å²) in [5.74, 6) is -0.844. The number of fused-ring (bicyclic) bond motifs is 2. The number of rotatable bonds is 7. The number of aromatic carboxylic acids is 1. The number of carboxylic acid groups (broad SMARTS) is 1. The number of carbonyl (C=O) groups excluding carboxylic acids is 2. The van der Waals surface area contributed by atoms with Gasteiger partial charge in [-0.15, -0.1) is 0 Å². The maximum atomic E-state index is 13.8. The first-order chi connectivity index (χ1) is 16.8. The van der Waals surface area contributed by atoms with E-state index in [-0.39, 0.29) is 23.9 Å². The highest BCUT2D eigenvalue weighted by Crippen LogP contribution is 2.34. The molecule has 2 atom stereocenters. The highest BCUT2D eigenvalue weighted by atomic mass is 16.5. The molecule has 0 saturated carbocycles. The number of nitrogens with one attached hydrogen (secondary N) is 2. The summed E-state index contributed by atoms with van der Waals surface area (Å²) in [7, 11) is 3.26. The molecule has 0 saturated heterocycles. The molecular formula is C27H29N3O5. The number of anilines is 1. The molecular weight excluding hydrogens is 446 g/mol. The zero-order valence-electron chi connectivity index (χ0n) is 20.0. The van der Waals surface area contributed by atoms with Crippen LogP contribution in [0, 0.1) is 0 Å². The third kappa shape index (κ3) is 4.83. The SMILES string of the molecule is CNC(C)C(=O)NC1CCc2ccccc2N(Cc2c(OC)ccc3cc(C(=O)O)ccc23)C1=O. The molecule has 0 radical (unpaired) electrons. The van der Waals surface area contributed by atoms with Gasteiger partial charge in [-0.25, -0.2) is 4.79 Å². The van der Waals surface area contributed by atoms with Gasteiger partial charge in [-0.3, -0.25) is 9.59 Å². The van der Waals surface area contributed by atoms with Gasteiger partial charge >= 0.3 is 5.97 Å². The molecule has 2 unspecified atom stereocenters. The predicted molar refractivity (Wildman–Crippen MR) is 134 cm³/mol. The summed E-state index contributed by atoms with van der Waals surface area (Å²) >= 11 is 0. The number of benzene rings is 3. The maximum Gasteiger partial charge on any atom is 0.335 e. The Balaban J connectivity index is 1.78. The number of para-hydroxylation sites is 1. The Labute approximate surface area is 203 Å². The molecule has 35 heavy (non-hydrogen) atoms. The fourth-order valence-electron chi connectivity index (χ4n) is 4.46. The van der Waals surface area contributed by atoms with Crippen molar-refractivity contribution in [2.24, 2.45) is 0 Å². The number of ether oxygens (including phenoxy) is 1. The Morgan fingerprint density at radius 1 is 1.17 bits per heavy atom. The normalized spacial score (nSPS) is 16.4. The van der Waals surface area contributed by atoms with Gasteiger partial charge in [0.2, 0.25) is 11.8 Å². The summed E-state index contributed by atoms with van der Waals surface area (Å²) in [5, 5.41) is 16.7. The van der Waals surface area contributed by atoms with Crippen molar-refractivity contribution in [1.29, 1.82) is 0 Å². The van der Waals surface area contributed by atoms with Crippen LogP contribution < -0.4 is 20.3 Å². The molecule has 1 aliphatic rings. The van der Waals surface area contributed by atoms with E-state index in [1.54, 1.807) is 50.2 Å². The van der Waals surface area contributed by atoms with Gasteiger partial charge in [0.25, 0.3) is 0 Å². The molecule has 0 aliphatic carbocycles. The Kier molecular flexibility index (Phi) is 7.02. The van der Waals surface area contributed by atoms with E-state index in [0.29, 0.717) is 18.6 Å². The molecule has 3 aromatic rings. The Morgan fingerprint density at radius 2 is 1.94 bits per heavy atom. The first kappa shape index (κ1) is 24.2. The van der Waals surface area contributed by atoms with E-state index in [0.717, 1.165) is 27.6 Å². The molecule has 0 aromatic heterocycles. The summed E-state index contributed by atoms with van der Waals surface area (Å²) < 4.78 is 5.63. The Bertz CT molecular complexity index is 1290. The third-order valence-electron chi connectivity index (χ3n) is 6.56. The minimum absolute atomic E-state index is 0.186. The fourth-order valence-corrected chi connectivity index (χ4v) is 4.46. The van der Waals surface area contributed by atoms with Crippen molar-refractivity contribution < 1.29 is 24.2 Å². The third-order valence-corrected chi connectivity index (χ3v) is 6.56. The molecule has 3 aromatic carbocycles. The van der Waals surface area contributed by atoms with Crippen molar-refractivity contribution in [2.75, 3.05) is 19.1 Å². The molecule has 0 spiro atoms. The van der Waals surface area contributed by atoms with Gasteiger partial charge in [0, 0.05) is 11.3 Å². The zero-order chi connectivity index (χ0) is 25.1. The van der Waals surface area contributed by atoms with Gasteiger partial charge in [0.1, 0.15) is 11.8 Å². The number of methoxy groups -OCH3 is 1. The van der Waals surface area contributed by atoms with Crippen molar-refractivity contribution in [2.45, 2.75) is 38.4 Å². The van der Waals surface area contributed by atoms with Crippen LogP contribution in [-0.2, 0) is 22.6 Å². The number of carboxylic acids is 1. The van der Waals surface area contributed by atoms with E-state index < -0.39 is 18.1 Å². The average Bonchev–Trinajstić information content (AvgIpc) is 3.00. The lowest BCUT2D eigenvalue weighted by molar-refractivity contribution is -0.128. The summed E-state index contributed by atoms with van der Waals surface area (Å²) in [5.41, 5.74) is 2.76. The largest absolute Gasteiger partial charge is 0.496 e. The molecule has 2 amide bonds. The zero-order valence-corrected chi connectivity index (χ0v) is 20.0. The lowest BCUT2D eigenvalue weighted by Crippen LogP contribution is -2.52. The number of carbonyl (C=O) groups is 3.